The van der Waals surface area contributed by atoms with Crippen LogP contribution in [-0.2, 0) is 14.4 Å². The number of benzene rings is 1. The van der Waals surface area contributed by atoms with E-state index in [0.717, 1.165) is 31.4 Å². The summed E-state index contributed by atoms with van der Waals surface area (Å²) in [6.07, 6.45) is 4.52. The van der Waals surface area contributed by atoms with Crippen LogP contribution >= 0.6 is 0 Å². The van der Waals surface area contributed by atoms with Crippen LogP contribution in [0.25, 0.3) is 0 Å². The number of hydrogen-bond donors (Lipinski definition) is 2. The van der Waals surface area contributed by atoms with Crippen molar-refractivity contribution in [1.29, 1.82) is 0 Å². The molecule has 0 bridgehead atoms. The molecule has 0 aliphatic heterocycles. The molecule has 0 saturated heterocycles. The van der Waals surface area contributed by atoms with Gasteiger partial charge in [0.1, 0.15) is 0 Å². The second kappa shape index (κ2) is 9.97. The Bertz CT molecular complexity index is 407. The maximum atomic E-state index is 11.6. The molecule has 5 nitrogen and oxygen atoms in total. The van der Waals surface area contributed by atoms with Crippen LogP contribution in [0, 0.1) is 0 Å². The predicted octanol–water partition coefficient (Wildman–Crippen LogP) is 2.64. The lowest BCUT2D eigenvalue weighted by molar-refractivity contribution is -0.131. The third kappa shape index (κ3) is 7.53. The fourth-order valence-corrected chi connectivity index (χ4v) is 1.83. The molecule has 0 unspecified atom stereocenters. The summed E-state index contributed by atoms with van der Waals surface area (Å²) in [4.78, 5) is 27.3. The van der Waals surface area contributed by atoms with Crippen molar-refractivity contribution in [3.63, 3.8) is 0 Å². The molecule has 2 amide bonds. The minimum absolute atomic E-state index is 0.0355. The molecule has 110 valence electrons. The molecule has 0 aliphatic rings. The van der Waals surface area contributed by atoms with Crippen molar-refractivity contribution in [2.75, 3.05) is 12.4 Å². The van der Waals surface area contributed by atoms with Crippen molar-refractivity contribution in [3.05, 3.63) is 30.3 Å². The van der Waals surface area contributed by atoms with Crippen molar-refractivity contribution in [1.82, 2.24) is 5.48 Å². The molecule has 0 spiro atoms. The molecular weight excluding hydrogens is 256 g/mol. The number of unbranched alkanes of at least 4 members (excludes halogenated alkanes) is 3. The van der Waals surface area contributed by atoms with Crippen LogP contribution in [0.2, 0.25) is 0 Å². The van der Waals surface area contributed by atoms with Crippen LogP contribution in [0.1, 0.15) is 38.5 Å². The van der Waals surface area contributed by atoms with Gasteiger partial charge in [0, 0.05) is 18.5 Å². The van der Waals surface area contributed by atoms with Gasteiger partial charge in [-0.15, -0.1) is 0 Å². The minimum Gasteiger partial charge on any atom is -0.326 e. The van der Waals surface area contributed by atoms with Gasteiger partial charge in [-0.2, -0.15) is 0 Å². The molecule has 1 rings (SSSR count). The van der Waals surface area contributed by atoms with Gasteiger partial charge in [-0.05, 0) is 25.0 Å². The summed E-state index contributed by atoms with van der Waals surface area (Å²) in [5.74, 6) is -0.0670. The van der Waals surface area contributed by atoms with Gasteiger partial charge >= 0.3 is 0 Å². The molecule has 0 atom stereocenters. The quantitative estimate of drug-likeness (QED) is 0.539. The second-order valence-electron chi connectivity index (χ2n) is 4.56. The molecule has 0 aliphatic carbocycles. The van der Waals surface area contributed by atoms with E-state index in [4.69, 9.17) is 0 Å². The van der Waals surface area contributed by atoms with E-state index in [-0.39, 0.29) is 11.8 Å². The number of anilines is 1. The lowest BCUT2D eigenvalue weighted by atomic mass is 10.1. The van der Waals surface area contributed by atoms with Gasteiger partial charge < -0.3 is 5.32 Å². The van der Waals surface area contributed by atoms with Gasteiger partial charge in [-0.3, -0.25) is 14.4 Å². The lowest BCUT2D eigenvalue weighted by Crippen LogP contribution is -2.21. The molecule has 20 heavy (non-hydrogen) atoms. The number of rotatable bonds is 9. The Kier molecular flexibility index (Phi) is 8.07. The van der Waals surface area contributed by atoms with E-state index in [2.05, 4.69) is 15.6 Å². The number of carbonyl (C=O) groups is 2. The molecule has 0 radical (unpaired) electrons. The maximum absolute atomic E-state index is 11.6. The number of hydroxylamine groups is 1. The van der Waals surface area contributed by atoms with Gasteiger partial charge in [0.25, 0.3) is 0 Å². The van der Waals surface area contributed by atoms with Crippen molar-refractivity contribution in [2.24, 2.45) is 0 Å². The summed E-state index contributed by atoms with van der Waals surface area (Å²) in [6.45, 7) is 0. The Balaban J connectivity index is 2.01. The molecule has 0 fully saturated rings. The average Bonchev–Trinajstić information content (AvgIpc) is 2.44. The molecule has 2 N–H and O–H groups in total. The lowest BCUT2D eigenvalue weighted by Gasteiger charge is -2.05. The number of nitrogens with one attached hydrogen (secondary N) is 2. The summed E-state index contributed by atoms with van der Waals surface area (Å²) in [5, 5.41) is 2.85. The summed E-state index contributed by atoms with van der Waals surface area (Å²) >= 11 is 0. The first-order valence-corrected chi connectivity index (χ1v) is 6.89. The van der Waals surface area contributed by atoms with Gasteiger partial charge in [-0.1, -0.05) is 31.0 Å². The Labute approximate surface area is 119 Å². The highest BCUT2D eigenvalue weighted by atomic mass is 16.6. The molecule has 5 heteroatoms. The number of hydrogen-bond acceptors (Lipinski definition) is 3. The Morgan fingerprint density at radius 2 is 1.55 bits per heavy atom. The first-order chi connectivity index (χ1) is 9.72. The Morgan fingerprint density at radius 3 is 2.15 bits per heavy atom. The zero-order valence-corrected chi connectivity index (χ0v) is 11.9. The van der Waals surface area contributed by atoms with Crippen molar-refractivity contribution in [2.45, 2.75) is 38.5 Å². The van der Waals surface area contributed by atoms with Crippen LogP contribution in [-0.4, -0.2) is 18.9 Å². The SMILES string of the molecule is CONC(=O)CCCCCCC(=O)Nc1ccccc1. The van der Waals surface area contributed by atoms with Crippen molar-refractivity contribution >= 4 is 17.5 Å². The van der Waals surface area contributed by atoms with Gasteiger partial charge in [0.15, 0.2) is 0 Å². The number of para-hydroxylation sites is 1. The summed E-state index contributed by atoms with van der Waals surface area (Å²) < 4.78 is 0. The highest BCUT2D eigenvalue weighted by Gasteiger charge is 2.03. The molecular formula is C15H22N2O3. The predicted molar refractivity (Wildman–Crippen MR) is 77.9 cm³/mol. The van der Waals surface area contributed by atoms with Gasteiger partial charge in [-0.25, -0.2) is 5.48 Å². The molecule has 0 saturated carbocycles. The van der Waals surface area contributed by atoms with Crippen LogP contribution in [0.3, 0.4) is 0 Å². The summed E-state index contributed by atoms with van der Waals surface area (Å²) in [5.41, 5.74) is 3.11. The van der Waals surface area contributed by atoms with E-state index in [1.165, 1.54) is 7.11 Å². The third-order valence-electron chi connectivity index (χ3n) is 2.83. The van der Waals surface area contributed by atoms with E-state index in [0.29, 0.717) is 12.8 Å². The van der Waals surface area contributed by atoms with Gasteiger partial charge in [0.2, 0.25) is 11.8 Å². The topological polar surface area (TPSA) is 67.4 Å². The van der Waals surface area contributed by atoms with E-state index < -0.39 is 0 Å². The number of amides is 2. The Hall–Kier alpha value is -1.88. The summed E-state index contributed by atoms with van der Waals surface area (Å²) in [6, 6.07) is 9.43. The van der Waals surface area contributed by atoms with Crippen molar-refractivity contribution < 1.29 is 14.4 Å². The van der Waals surface area contributed by atoms with Crippen LogP contribution in [0.4, 0.5) is 5.69 Å². The zero-order chi connectivity index (χ0) is 14.6. The second-order valence-corrected chi connectivity index (χ2v) is 4.56. The largest absolute Gasteiger partial charge is 0.326 e. The Morgan fingerprint density at radius 1 is 0.950 bits per heavy atom. The van der Waals surface area contributed by atoms with Crippen LogP contribution in [0.5, 0.6) is 0 Å². The minimum atomic E-state index is -0.102. The van der Waals surface area contributed by atoms with E-state index >= 15 is 0 Å². The first kappa shape index (κ1) is 16.2. The van der Waals surface area contributed by atoms with Gasteiger partial charge in [0.05, 0.1) is 7.11 Å². The van der Waals surface area contributed by atoms with E-state index in [1.807, 2.05) is 30.3 Å². The zero-order valence-electron chi connectivity index (χ0n) is 11.9. The molecule has 0 aromatic heterocycles. The monoisotopic (exact) mass is 278 g/mol. The fourth-order valence-electron chi connectivity index (χ4n) is 1.83. The number of carbonyl (C=O) groups excluding carboxylic acids is 2. The summed E-state index contributed by atoms with van der Waals surface area (Å²) in [7, 11) is 1.42. The highest BCUT2D eigenvalue weighted by Crippen LogP contribution is 2.09. The smallest absolute Gasteiger partial charge is 0.243 e. The standard InChI is InChI=1S/C15H22N2O3/c1-20-17-15(19)12-8-3-2-7-11-14(18)16-13-9-5-4-6-10-13/h4-6,9-10H,2-3,7-8,11-12H2,1H3,(H,16,18)(H,17,19). The maximum Gasteiger partial charge on any atom is 0.243 e. The molecule has 1 aromatic rings. The van der Waals surface area contributed by atoms with Crippen LogP contribution < -0.4 is 10.8 Å². The first-order valence-electron chi connectivity index (χ1n) is 6.89. The van der Waals surface area contributed by atoms with E-state index in [9.17, 15) is 9.59 Å². The van der Waals surface area contributed by atoms with E-state index in [1.54, 1.807) is 0 Å². The average molecular weight is 278 g/mol. The normalized spacial score (nSPS) is 10.1. The van der Waals surface area contributed by atoms with Crippen molar-refractivity contribution in [3.8, 4) is 0 Å². The molecule has 0 heterocycles. The highest BCUT2D eigenvalue weighted by molar-refractivity contribution is 5.90. The third-order valence-corrected chi connectivity index (χ3v) is 2.83. The molecule has 1 aromatic carbocycles. The van der Waals surface area contributed by atoms with Crippen LogP contribution in [0.15, 0.2) is 30.3 Å². The fraction of sp³-hybridized carbons (Fsp3) is 0.467.